The molecular weight excluding hydrogens is 366 g/mol. The minimum Gasteiger partial charge on any atom is -0.476 e. The molecule has 0 spiro atoms. The number of carbonyl (C=O) groups is 1. The fourth-order valence-electron chi connectivity index (χ4n) is 2.78. The number of nitriles is 1. The average molecular weight is 385 g/mol. The normalized spacial score (nSPS) is 16.0. The molecule has 1 amide bonds. The maximum Gasteiger partial charge on any atom is 0.267 e. The molecule has 0 fully saturated rings. The molecule has 0 radical (unpaired) electrons. The number of hydrogen-bond donors (Lipinski definition) is 1. The third-order valence-electron chi connectivity index (χ3n) is 4.23. The van der Waals surface area contributed by atoms with Crippen molar-refractivity contribution in [2.45, 2.75) is 19.4 Å². The summed E-state index contributed by atoms with van der Waals surface area (Å²) in [6, 6.07) is 15.7. The molecule has 8 heteroatoms. The molecule has 2 aromatic rings. The topological polar surface area (TPSA) is 99.5 Å². The van der Waals surface area contributed by atoms with Crippen LogP contribution in [0.2, 0.25) is 0 Å². The van der Waals surface area contributed by atoms with Gasteiger partial charge < -0.3 is 10.1 Å². The molecule has 1 heterocycles. The summed E-state index contributed by atoms with van der Waals surface area (Å²) in [4.78, 5) is 12.6. The standard InChI is InChI=1S/C19H19N3O4S/c1-2-27(24,25)22-13-18(26-17-6-4-3-5-16(17)22)19(23)21-15-9-7-14(8-10-15)11-12-20/h3-10,18H,2,11,13H2,1H3,(H,21,23)/t18-/m0/s1. The Morgan fingerprint density at radius 2 is 1.96 bits per heavy atom. The predicted octanol–water partition coefficient (Wildman–Crippen LogP) is 2.31. The number of amides is 1. The molecule has 1 atom stereocenters. The Bertz CT molecular complexity index is 981. The van der Waals surface area contributed by atoms with E-state index in [1.807, 2.05) is 0 Å². The number of nitrogens with zero attached hydrogens (tertiary/aromatic N) is 2. The Kier molecular flexibility index (Phi) is 5.33. The maximum absolute atomic E-state index is 12.6. The summed E-state index contributed by atoms with van der Waals surface area (Å²) in [5, 5.41) is 11.4. The lowest BCUT2D eigenvalue weighted by molar-refractivity contribution is -0.122. The molecule has 1 aliphatic heterocycles. The van der Waals surface area contributed by atoms with Gasteiger partial charge >= 0.3 is 0 Å². The Morgan fingerprint density at radius 1 is 1.26 bits per heavy atom. The Labute approximate surface area is 158 Å². The highest BCUT2D eigenvalue weighted by atomic mass is 32.2. The lowest BCUT2D eigenvalue weighted by atomic mass is 10.1. The van der Waals surface area contributed by atoms with Gasteiger partial charge in [-0.3, -0.25) is 9.10 Å². The lowest BCUT2D eigenvalue weighted by Crippen LogP contribution is -2.49. The molecule has 0 aliphatic carbocycles. The molecule has 0 saturated heterocycles. The van der Waals surface area contributed by atoms with Crippen LogP contribution in [0.5, 0.6) is 5.75 Å². The van der Waals surface area contributed by atoms with Crippen LogP contribution in [0.25, 0.3) is 0 Å². The van der Waals surface area contributed by atoms with Gasteiger partial charge in [-0.1, -0.05) is 24.3 Å². The first-order valence-electron chi connectivity index (χ1n) is 8.47. The summed E-state index contributed by atoms with van der Waals surface area (Å²) >= 11 is 0. The molecule has 1 aliphatic rings. The van der Waals surface area contributed by atoms with Crippen molar-refractivity contribution in [2.24, 2.45) is 0 Å². The van der Waals surface area contributed by atoms with E-state index < -0.39 is 22.0 Å². The minimum atomic E-state index is -3.54. The highest BCUT2D eigenvalue weighted by Crippen LogP contribution is 2.35. The molecule has 1 N–H and O–H groups in total. The second-order valence-corrected chi connectivity index (χ2v) is 8.21. The molecule has 0 saturated carbocycles. The number of nitrogens with one attached hydrogen (secondary N) is 1. The fourth-order valence-corrected chi connectivity index (χ4v) is 3.90. The van der Waals surface area contributed by atoms with Gasteiger partial charge in [0.15, 0.2) is 6.10 Å². The van der Waals surface area contributed by atoms with E-state index in [-0.39, 0.29) is 12.3 Å². The second kappa shape index (κ2) is 7.68. The maximum atomic E-state index is 12.6. The van der Waals surface area contributed by atoms with Gasteiger partial charge in [0.2, 0.25) is 10.0 Å². The highest BCUT2D eigenvalue weighted by Gasteiger charge is 2.35. The zero-order chi connectivity index (χ0) is 19.4. The van der Waals surface area contributed by atoms with Gasteiger partial charge in [-0.05, 0) is 36.8 Å². The molecule has 27 heavy (non-hydrogen) atoms. The number of para-hydroxylation sites is 2. The van der Waals surface area contributed by atoms with Crippen molar-refractivity contribution in [1.29, 1.82) is 5.26 Å². The van der Waals surface area contributed by atoms with Gasteiger partial charge in [0.05, 0.1) is 30.5 Å². The summed E-state index contributed by atoms with van der Waals surface area (Å²) in [5.41, 5.74) is 1.83. The van der Waals surface area contributed by atoms with Crippen LogP contribution in [0, 0.1) is 11.3 Å². The monoisotopic (exact) mass is 385 g/mol. The summed E-state index contributed by atoms with van der Waals surface area (Å²) in [5.74, 6) is -0.158. The number of rotatable bonds is 5. The van der Waals surface area contributed by atoms with E-state index >= 15 is 0 Å². The van der Waals surface area contributed by atoms with E-state index in [2.05, 4.69) is 11.4 Å². The number of anilines is 2. The van der Waals surface area contributed by atoms with Crippen molar-refractivity contribution in [1.82, 2.24) is 0 Å². The van der Waals surface area contributed by atoms with Crippen molar-refractivity contribution in [3.05, 3.63) is 54.1 Å². The highest BCUT2D eigenvalue weighted by molar-refractivity contribution is 7.92. The van der Waals surface area contributed by atoms with Gasteiger partial charge in [-0.15, -0.1) is 0 Å². The van der Waals surface area contributed by atoms with Crippen molar-refractivity contribution >= 4 is 27.3 Å². The predicted molar refractivity (Wildman–Crippen MR) is 102 cm³/mol. The summed E-state index contributed by atoms with van der Waals surface area (Å²) in [6.45, 7) is 1.47. The molecule has 2 aromatic carbocycles. The first-order chi connectivity index (χ1) is 12.9. The van der Waals surface area contributed by atoms with Crippen LogP contribution in [-0.2, 0) is 21.2 Å². The molecule has 0 bridgehead atoms. The molecule has 3 rings (SSSR count). The van der Waals surface area contributed by atoms with E-state index in [4.69, 9.17) is 10.00 Å². The summed E-state index contributed by atoms with van der Waals surface area (Å²) < 4.78 is 31.9. The summed E-state index contributed by atoms with van der Waals surface area (Å²) in [6.07, 6.45) is -0.680. The van der Waals surface area contributed by atoms with E-state index in [1.54, 1.807) is 55.5 Å². The van der Waals surface area contributed by atoms with E-state index in [0.717, 1.165) is 5.56 Å². The smallest absolute Gasteiger partial charge is 0.267 e. The van der Waals surface area contributed by atoms with Gasteiger partial charge in [-0.2, -0.15) is 5.26 Å². The number of sulfonamides is 1. The number of carbonyl (C=O) groups excluding carboxylic acids is 1. The molecule has 140 valence electrons. The Hall–Kier alpha value is -3.05. The van der Waals surface area contributed by atoms with E-state index in [9.17, 15) is 13.2 Å². The molecule has 7 nitrogen and oxygen atoms in total. The van der Waals surface area contributed by atoms with Gasteiger partial charge in [-0.25, -0.2) is 8.42 Å². The SMILES string of the molecule is CCS(=O)(=O)N1C[C@@H](C(=O)Nc2ccc(CC#N)cc2)Oc2ccccc21. The molecule has 0 aromatic heterocycles. The van der Waals surface area contributed by atoms with Crippen LogP contribution in [0.1, 0.15) is 12.5 Å². The van der Waals surface area contributed by atoms with Crippen molar-refractivity contribution < 1.29 is 17.9 Å². The number of benzene rings is 2. The van der Waals surface area contributed by atoms with Crippen LogP contribution in [0.15, 0.2) is 48.5 Å². The first kappa shape index (κ1) is 18.7. The zero-order valence-corrected chi connectivity index (χ0v) is 15.6. The second-order valence-electron chi connectivity index (χ2n) is 6.03. The quantitative estimate of drug-likeness (QED) is 0.851. The first-order valence-corrected chi connectivity index (χ1v) is 10.1. The van der Waals surface area contributed by atoms with Gasteiger partial charge in [0.1, 0.15) is 5.75 Å². The average Bonchev–Trinajstić information content (AvgIpc) is 2.68. The van der Waals surface area contributed by atoms with Gasteiger partial charge in [0, 0.05) is 5.69 Å². The van der Waals surface area contributed by atoms with Crippen molar-refractivity contribution in [3.63, 3.8) is 0 Å². The van der Waals surface area contributed by atoms with Crippen LogP contribution in [-0.4, -0.2) is 32.7 Å². The third-order valence-corrected chi connectivity index (χ3v) is 5.98. The van der Waals surface area contributed by atoms with E-state index in [0.29, 0.717) is 23.5 Å². The lowest BCUT2D eigenvalue weighted by Gasteiger charge is -2.34. The summed E-state index contributed by atoms with van der Waals surface area (Å²) in [7, 11) is -3.54. The number of fused-ring (bicyclic) bond motifs is 1. The Morgan fingerprint density at radius 3 is 2.63 bits per heavy atom. The third kappa shape index (κ3) is 4.04. The number of hydrogen-bond acceptors (Lipinski definition) is 5. The Balaban J connectivity index is 1.81. The zero-order valence-electron chi connectivity index (χ0n) is 14.8. The van der Waals surface area contributed by atoms with Crippen LogP contribution in [0.4, 0.5) is 11.4 Å². The van der Waals surface area contributed by atoms with Crippen molar-refractivity contribution in [3.8, 4) is 11.8 Å². The molecular formula is C19H19N3O4S. The largest absolute Gasteiger partial charge is 0.476 e. The van der Waals surface area contributed by atoms with Crippen LogP contribution < -0.4 is 14.4 Å². The molecule has 0 unspecified atom stereocenters. The van der Waals surface area contributed by atoms with Crippen LogP contribution in [0.3, 0.4) is 0 Å². The minimum absolute atomic E-state index is 0.0734. The van der Waals surface area contributed by atoms with Gasteiger partial charge in [0.25, 0.3) is 5.91 Å². The van der Waals surface area contributed by atoms with Crippen LogP contribution >= 0.6 is 0 Å². The van der Waals surface area contributed by atoms with Crippen molar-refractivity contribution in [2.75, 3.05) is 21.9 Å². The van der Waals surface area contributed by atoms with E-state index in [1.165, 1.54) is 4.31 Å². The number of ether oxygens (including phenoxy) is 1. The fraction of sp³-hybridized carbons (Fsp3) is 0.263.